The van der Waals surface area contributed by atoms with Crippen molar-refractivity contribution in [2.24, 2.45) is 5.73 Å². The summed E-state index contributed by atoms with van der Waals surface area (Å²) in [6.45, 7) is 0. The van der Waals surface area contributed by atoms with Gasteiger partial charge in [0.25, 0.3) is 5.91 Å². The van der Waals surface area contributed by atoms with Gasteiger partial charge in [0.05, 0.1) is 17.6 Å². The van der Waals surface area contributed by atoms with E-state index in [0.29, 0.717) is 17.0 Å². The number of anilines is 1. The lowest BCUT2D eigenvalue weighted by atomic mass is 10.1. The Morgan fingerprint density at radius 2 is 1.88 bits per heavy atom. The Balaban J connectivity index is 1.60. The average Bonchev–Trinajstić information content (AvgIpc) is 3.40. The highest BCUT2D eigenvalue weighted by atomic mass is 19.1. The van der Waals surface area contributed by atoms with E-state index in [0.717, 1.165) is 23.1 Å². The second-order valence-electron chi connectivity index (χ2n) is 7.14. The molecule has 1 amide bonds. The summed E-state index contributed by atoms with van der Waals surface area (Å²) in [7, 11) is 0. The molecule has 9 nitrogen and oxygen atoms in total. The number of nitrogens with zero attached hydrogens (tertiary/aromatic N) is 5. The number of hydrogen-bond donors (Lipinski definition) is 3. The molecule has 0 aliphatic heterocycles. The summed E-state index contributed by atoms with van der Waals surface area (Å²) in [5.74, 6) is -0.627. The quantitative estimate of drug-likeness (QED) is 0.286. The molecule has 0 bridgehead atoms. The Hall–Kier alpha value is -4.86. The minimum absolute atomic E-state index is 0.106. The van der Waals surface area contributed by atoms with Crippen LogP contribution in [-0.2, 0) is 4.79 Å². The second kappa shape index (κ2) is 8.00. The molecule has 4 N–H and O–H groups in total. The van der Waals surface area contributed by atoms with Crippen LogP contribution in [0.4, 0.5) is 10.2 Å². The van der Waals surface area contributed by atoms with Crippen LogP contribution >= 0.6 is 0 Å². The van der Waals surface area contributed by atoms with Crippen molar-refractivity contribution in [3.8, 4) is 22.6 Å². The van der Waals surface area contributed by atoms with Crippen LogP contribution in [0.25, 0.3) is 33.9 Å². The molecule has 4 heterocycles. The molecule has 0 atom stereocenters. The molecule has 0 saturated heterocycles. The second-order valence-corrected chi connectivity index (χ2v) is 7.14. The Morgan fingerprint density at radius 1 is 1.06 bits per heavy atom. The number of amides is 1. The number of carbonyl (C=O) groups is 1. The van der Waals surface area contributed by atoms with Crippen LogP contribution in [0, 0.1) is 11.2 Å². The number of imidazole rings is 2. The first-order valence-electron chi connectivity index (χ1n) is 9.91. The number of rotatable bonds is 5. The third-order valence-electron chi connectivity index (χ3n) is 4.98. The zero-order chi connectivity index (χ0) is 22.9. The van der Waals surface area contributed by atoms with Crippen molar-refractivity contribution < 1.29 is 9.18 Å². The van der Waals surface area contributed by atoms with Gasteiger partial charge in [0.2, 0.25) is 0 Å². The van der Waals surface area contributed by atoms with Crippen LogP contribution < -0.4 is 11.1 Å². The molecule has 162 valence electrons. The van der Waals surface area contributed by atoms with E-state index >= 15 is 0 Å². The number of fused-ring (bicyclic) bond motifs is 2. The Labute approximate surface area is 186 Å². The number of pyridine rings is 1. The third-order valence-corrected chi connectivity index (χ3v) is 4.98. The summed E-state index contributed by atoms with van der Waals surface area (Å²) in [5, 5.41) is 14.3. The molecule has 0 aliphatic carbocycles. The molecule has 1 aromatic carbocycles. The van der Waals surface area contributed by atoms with Crippen LogP contribution in [-0.4, -0.2) is 36.1 Å². The number of nitrogens with two attached hydrogens (primary N) is 1. The summed E-state index contributed by atoms with van der Waals surface area (Å²) in [4.78, 5) is 21.2. The van der Waals surface area contributed by atoms with E-state index in [4.69, 9.17) is 16.1 Å². The van der Waals surface area contributed by atoms with Gasteiger partial charge < -0.3 is 16.5 Å². The number of carbonyl (C=O) groups excluding carboxylic acids is 1. The van der Waals surface area contributed by atoms with Gasteiger partial charge in [-0.2, -0.15) is 5.10 Å². The first-order chi connectivity index (χ1) is 16.0. The molecule has 10 heteroatoms. The van der Waals surface area contributed by atoms with Crippen LogP contribution in [0.15, 0.2) is 78.8 Å². The molecule has 5 aromatic rings. The van der Waals surface area contributed by atoms with Crippen LogP contribution in [0.2, 0.25) is 0 Å². The van der Waals surface area contributed by atoms with Crippen molar-refractivity contribution in [3.05, 3.63) is 84.6 Å². The summed E-state index contributed by atoms with van der Waals surface area (Å²) < 4.78 is 16.9. The molecule has 5 rings (SSSR count). The van der Waals surface area contributed by atoms with Crippen molar-refractivity contribution >= 4 is 29.2 Å². The normalized spacial score (nSPS) is 11.7. The fourth-order valence-corrected chi connectivity index (χ4v) is 3.47. The highest BCUT2D eigenvalue weighted by Crippen LogP contribution is 2.32. The van der Waals surface area contributed by atoms with Gasteiger partial charge in [-0.05, 0) is 54.6 Å². The summed E-state index contributed by atoms with van der Waals surface area (Å²) in [6, 6.07) is 15.4. The lowest BCUT2D eigenvalue weighted by Gasteiger charge is -2.05. The van der Waals surface area contributed by atoms with Crippen molar-refractivity contribution in [2.45, 2.75) is 0 Å². The number of allylic oxidation sites excluding steroid dienone is 1. The van der Waals surface area contributed by atoms with Crippen molar-refractivity contribution in [2.75, 3.05) is 5.32 Å². The topological polar surface area (TPSA) is 126 Å². The maximum Gasteiger partial charge on any atom is 0.272 e. The molecular formula is C23H17FN8O. The minimum atomic E-state index is -0.567. The number of nitrogens with one attached hydrogen (secondary N) is 2. The largest absolute Gasteiger partial charge is 0.394 e. The monoisotopic (exact) mass is 440 g/mol. The van der Waals surface area contributed by atoms with Gasteiger partial charge >= 0.3 is 0 Å². The zero-order valence-corrected chi connectivity index (χ0v) is 17.1. The molecule has 4 aromatic heterocycles. The summed E-state index contributed by atoms with van der Waals surface area (Å²) in [6.07, 6.45) is 5.56. The molecule has 0 spiro atoms. The first-order valence-corrected chi connectivity index (χ1v) is 9.91. The average molecular weight is 440 g/mol. The smallest absolute Gasteiger partial charge is 0.272 e. The van der Waals surface area contributed by atoms with Crippen molar-refractivity contribution in [1.82, 2.24) is 24.0 Å². The van der Waals surface area contributed by atoms with Crippen molar-refractivity contribution in [3.63, 3.8) is 0 Å². The van der Waals surface area contributed by atoms with Crippen molar-refractivity contribution in [1.29, 1.82) is 5.41 Å². The van der Waals surface area contributed by atoms with E-state index in [1.165, 1.54) is 22.7 Å². The lowest BCUT2D eigenvalue weighted by Crippen LogP contribution is -2.20. The number of aromatic nitrogens is 5. The molecule has 0 fully saturated rings. The van der Waals surface area contributed by atoms with Gasteiger partial charge in [-0.3, -0.25) is 9.20 Å². The first kappa shape index (κ1) is 20.1. The Bertz CT molecular complexity index is 1550. The van der Waals surface area contributed by atoms with Crippen LogP contribution in [0.5, 0.6) is 0 Å². The van der Waals surface area contributed by atoms with Gasteiger partial charge in [0.15, 0.2) is 11.5 Å². The van der Waals surface area contributed by atoms with Gasteiger partial charge in [-0.25, -0.2) is 18.9 Å². The highest BCUT2D eigenvalue weighted by Gasteiger charge is 2.18. The zero-order valence-electron chi connectivity index (χ0n) is 17.1. The standard InChI is InChI=1S/C23H17FN8O/c24-15-6-4-14(5-7-15)21-22(31-12-2-1-3-19(31)29-21)17-8-9-20-27-18(13-32(20)30-17)28-23(33)16(26)10-11-25/h1-13,25H,26H2,(H,28,33). The fourth-order valence-electron chi connectivity index (χ4n) is 3.47. The van der Waals surface area contributed by atoms with Gasteiger partial charge in [-0.1, -0.05) is 6.07 Å². The molecule has 0 aliphatic rings. The summed E-state index contributed by atoms with van der Waals surface area (Å²) >= 11 is 0. The van der Waals surface area contributed by atoms with Crippen LogP contribution in [0.3, 0.4) is 0 Å². The van der Waals surface area contributed by atoms with E-state index in [-0.39, 0.29) is 17.3 Å². The van der Waals surface area contributed by atoms with E-state index in [1.807, 2.05) is 28.8 Å². The predicted octanol–water partition coefficient (Wildman–Crippen LogP) is 3.28. The van der Waals surface area contributed by atoms with Gasteiger partial charge in [0.1, 0.15) is 22.9 Å². The Kier molecular flexibility index (Phi) is 4.87. The highest BCUT2D eigenvalue weighted by molar-refractivity contribution is 6.04. The molecule has 0 unspecified atom stereocenters. The van der Waals surface area contributed by atoms with E-state index in [1.54, 1.807) is 30.5 Å². The number of benzene rings is 1. The predicted molar refractivity (Wildman–Crippen MR) is 122 cm³/mol. The molecular weight excluding hydrogens is 423 g/mol. The molecule has 0 radical (unpaired) electrons. The number of halogens is 1. The van der Waals surface area contributed by atoms with Gasteiger partial charge in [0, 0.05) is 18.0 Å². The fraction of sp³-hybridized carbons (Fsp3) is 0. The minimum Gasteiger partial charge on any atom is -0.394 e. The third kappa shape index (κ3) is 3.69. The maximum atomic E-state index is 13.5. The van der Waals surface area contributed by atoms with E-state index in [9.17, 15) is 9.18 Å². The summed E-state index contributed by atoms with van der Waals surface area (Å²) in [5.41, 5.74) is 9.49. The van der Waals surface area contributed by atoms with Gasteiger partial charge in [-0.15, -0.1) is 0 Å². The lowest BCUT2D eigenvalue weighted by molar-refractivity contribution is -0.112. The SMILES string of the molecule is N=CC=C(N)C(=O)Nc1cn2nc(-c3c(-c4ccc(F)cc4)nc4ccccn34)ccc2n1. The maximum absolute atomic E-state index is 13.5. The molecule has 0 saturated carbocycles. The van der Waals surface area contributed by atoms with Crippen LogP contribution in [0.1, 0.15) is 0 Å². The number of hydrogen-bond acceptors (Lipinski definition) is 6. The Morgan fingerprint density at radius 3 is 2.67 bits per heavy atom. The van der Waals surface area contributed by atoms with E-state index in [2.05, 4.69) is 15.4 Å². The molecule has 33 heavy (non-hydrogen) atoms. The van der Waals surface area contributed by atoms with E-state index < -0.39 is 5.91 Å².